The molecule has 25 heavy (non-hydrogen) atoms. The van der Waals surface area contributed by atoms with Crippen molar-refractivity contribution in [1.29, 1.82) is 0 Å². The van der Waals surface area contributed by atoms with Crippen LogP contribution in [0.2, 0.25) is 0 Å². The standard InChI is InChI=1S/C16H13F4N3O2/c1-3-6-25-10-5-4-9(7-11(10)24-2)8-21-23-14-12(17)15(19)22-16(20)13(14)18/h3-5,7-8H,1,6H2,2H3,(H,22,23)/b21-8-. The lowest BCUT2D eigenvalue weighted by atomic mass is 10.2. The maximum Gasteiger partial charge on any atom is 0.254 e. The van der Waals surface area contributed by atoms with Crippen LogP contribution in [0.1, 0.15) is 5.56 Å². The van der Waals surface area contributed by atoms with Crippen LogP contribution in [-0.2, 0) is 0 Å². The predicted octanol–water partition coefficient (Wildman–Crippen LogP) is 3.66. The fourth-order valence-electron chi connectivity index (χ4n) is 1.79. The quantitative estimate of drug-likeness (QED) is 0.271. The molecule has 2 rings (SSSR count). The van der Waals surface area contributed by atoms with E-state index in [4.69, 9.17) is 9.47 Å². The van der Waals surface area contributed by atoms with Gasteiger partial charge in [0.15, 0.2) is 11.5 Å². The number of nitrogens with one attached hydrogen (secondary N) is 1. The molecule has 0 saturated heterocycles. The Labute approximate surface area is 140 Å². The van der Waals surface area contributed by atoms with Crippen molar-refractivity contribution in [3.8, 4) is 11.5 Å². The molecular weight excluding hydrogens is 342 g/mol. The molecule has 1 aromatic heterocycles. The fourth-order valence-corrected chi connectivity index (χ4v) is 1.79. The number of hydrogen-bond acceptors (Lipinski definition) is 5. The van der Waals surface area contributed by atoms with E-state index in [9.17, 15) is 17.6 Å². The molecule has 0 aliphatic carbocycles. The van der Waals surface area contributed by atoms with Gasteiger partial charge in [0.2, 0.25) is 11.6 Å². The third-order valence-corrected chi connectivity index (χ3v) is 2.93. The number of anilines is 1. The summed E-state index contributed by atoms with van der Waals surface area (Å²) in [6.45, 7) is 3.81. The van der Waals surface area contributed by atoms with Crippen LogP contribution in [0.15, 0.2) is 36.0 Å². The van der Waals surface area contributed by atoms with Gasteiger partial charge >= 0.3 is 0 Å². The van der Waals surface area contributed by atoms with Crippen LogP contribution in [0, 0.1) is 23.5 Å². The van der Waals surface area contributed by atoms with Crippen LogP contribution in [-0.4, -0.2) is 24.9 Å². The molecular formula is C16H13F4N3O2. The minimum absolute atomic E-state index is 0.281. The van der Waals surface area contributed by atoms with Gasteiger partial charge in [-0.3, -0.25) is 5.43 Å². The molecule has 0 atom stereocenters. The van der Waals surface area contributed by atoms with Gasteiger partial charge < -0.3 is 9.47 Å². The minimum Gasteiger partial charge on any atom is -0.493 e. The van der Waals surface area contributed by atoms with Gasteiger partial charge in [0.25, 0.3) is 11.9 Å². The van der Waals surface area contributed by atoms with E-state index in [-0.39, 0.29) is 6.61 Å². The Hall–Kier alpha value is -3.10. The van der Waals surface area contributed by atoms with Crippen LogP contribution in [0.5, 0.6) is 11.5 Å². The summed E-state index contributed by atoms with van der Waals surface area (Å²) in [7, 11) is 1.43. The summed E-state index contributed by atoms with van der Waals surface area (Å²) in [5.41, 5.74) is 1.31. The molecule has 1 heterocycles. The van der Waals surface area contributed by atoms with Crippen LogP contribution in [0.4, 0.5) is 23.2 Å². The first-order valence-corrected chi connectivity index (χ1v) is 6.88. The first-order chi connectivity index (χ1) is 12.0. The highest BCUT2D eigenvalue weighted by molar-refractivity contribution is 5.81. The summed E-state index contributed by atoms with van der Waals surface area (Å²) in [5.74, 6) is -6.06. The molecule has 0 radical (unpaired) electrons. The van der Waals surface area contributed by atoms with Gasteiger partial charge in [0, 0.05) is 0 Å². The fraction of sp³-hybridized carbons (Fsp3) is 0.125. The van der Waals surface area contributed by atoms with Gasteiger partial charge in [-0.05, 0) is 23.8 Å². The Bertz CT molecular complexity index is 786. The van der Waals surface area contributed by atoms with Crippen LogP contribution < -0.4 is 14.9 Å². The molecule has 9 heteroatoms. The Kier molecular flexibility index (Phi) is 5.93. The van der Waals surface area contributed by atoms with E-state index in [2.05, 4.69) is 16.7 Å². The van der Waals surface area contributed by atoms with E-state index in [1.165, 1.54) is 13.3 Å². The van der Waals surface area contributed by atoms with Crippen molar-refractivity contribution in [1.82, 2.24) is 4.98 Å². The SMILES string of the molecule is C=CCOc1ccc(/C=N\Nc2c(F)c(F)nc(F)c2F)cc1OC. The molecule has 0 amide bonds. The molecule has 132 valence electrons. The third-order valence-electron chi connectivity index (χ3n) is 2.93. The van der Waals surface area contributed by atoms with Gasteiger partial charge in [-0.25, -0.2) is 0 Å². The zero-order chi connectivity index (χ0) is 18.4. The zero-order valence-corrected chi connectivity index (χ0v) is 13.0. The Morgan fingerprint density at radius 3 is 2.44 bits per heavy atom. The number of nitrogens with zero attached hydrogens (tertiary/aromatic N) is 2. The molecule has 0 bridgehead atoms. The Balaban J connectivity index is 2.19. The number of hydrazone groups is 1. The van der Waals surface area contributed by atoms with Crippen LogP contribution in [0.3, 0.4) is 0 Å². The number of ether oxygens (including phenoxy) is 2. The maximum absolute atomic E-state index is 13.4. The number of methoxy groups -OCH3 is 1. The average molecular weight is 355 g/mol. The first kappa shape index (κ1) is 18.2. The molecule has 0 saturated carbocycles. The van der Waals surface area contributed by atoms with E-state index in [0.717, 1.165) is 0 Å². The second-order valence-corrected chi connectivity index (χ2v) is 4.58. The maximum atomic E-state index is 13.4. The third kappa shape index (κ3) is 4.25. The number of pyridine rings is 1. The lowest BCUT2D eigenvalue weighted by Gasteiger charge is -2.09. The average Bonchev–Trinajstić information content (AvgIpc) is 2.61. The van der Waals surface area contributed by atoms with Crippen molar-refractivity contribution in [3.05, 3.63) is 59.9 Å². The molecule has 0 spiro atoms. The number of aromatic nitrogens is 1. The summed E-state index contributed by atoms with van der Waals surface area (Å²) < 4.78 is 63.4. The second-order valence-electron chi connectivity index (χ2n) is 4.58. The highest BCUT2D eigenvalue weighted by Crippen LogP contribution is 2.27. The molecule has 2 aromatic rings. The lowest BCUT2D eigenvalue weighted by Crippen LogP contribution is -2.06. The number of hydrogen-bond donors (Lipinski definition) is 1. The Morgan fingerprint density at radius 2 is 1.84 bits per heavy atom. The number of benzene rings is 1. The highest BCUT2D eigenvalue weighted by Gasteiger charge is 2.20. The summed E-state index contributed by atoms with van der Waals surface area (Å²) in [4.78, 5) is 2.44. The number of halogens is 4. The largest absolute Gasteiger partial charge is 0.493 e. The predicted molar refractivity (Wildman–Crippen MR) is 84.0 cm³/mol. The van der Waals surface area contributed by atoms with Crippen molar-refractivity contribution < 1.29 is 27.0 Å². The molecule has 0 unspecified atom stereocenters. The molecule has 5 nitrogen and oxygen atoms in total. The van der Waals surface area contributed by atoms with Crippen molar-refractivity contribution in [2.24, 2.45) is 5.10 Å². The van der Waals surface area contributed by atoms with Gasteiger partial charge in [0.1, 0.15) is 12.3 Å². The molecule has 1 aromatic carbocycles. The first-order valence-electron chi connectivity index (χ1n) is 6.88. The van der Waals surface area contributed by atoms with Crippen molar-refractivity contribution in [2.75, 3.05) is 19.1 Å². The van der Waals surface area contributed by atoms with Gasteiger partial charge in [0.05, 0.1) is 13.3 Å². The van der Waals surface area contributed by atoms with Crippen LogP contribution in [0.25, 0.3) is 0 Å². The van der Waals surface area contributed by atoms with Gasteiger partial charge in [-0.15, -0.1) is 0 Å². The minimum atomic E-state index is -1.78. The summed E-state index contributed by atoms with van der Waals surface area (Å²) in [6.07, 6.45) is 2.74. The smallest absolute Gasteiger partial charge is 0.254 e. The van der Waals surface area contributed by atoms with E-state index in [0.29, 0.717) is 17.1 Å². The lowest BCUT2D eigenvalue weighted by molar-refractivity contribution is 0.326. The van der Waals surface area contributed by atoms with E-state index < -0.39 is 29.2 Å². The van der Waals surface area contributed by atoms with E-state index >= 15 is 0 Å². The molecule has 0 aliphatic heterocycles. The Morgan fingerprint density at radius 1 is 1.16 bits per heavy atom. The van der Waals surface area contributed by atoms with Crippen LogP contribution >= 0.6 is 0 Å². The normalized spacial score (nSPS) is 10.8. The summed E-state index contributed by atoms with van der Waals surface area (Å²) in [6, 6.07) is 4.73. The highest BCUT2D eigenvalue weighted by atomic mass is 19.2. The molecule has 1 N–H and O–H groups in total. The van der Waals surface area contributed by atoms with E-state index in [1.54, 1.807) is 24.3 Å². The summed E-state index contributed by atoms with van der Waals surface area (Å²) >= 11 is 0. The van der Waals surface area contributed by atoms with E-state index in [1.807, 2.05) is 5.43 Å². The number of rotatable bonds is 7. The van der Waals surface area contributed by atoms with Gasteiger partial charge in [-0.2, -0.15) is 27.6 Å². The van der Waals surface area contributed by atoms with Gasteiger partial charge in [-0.1, -0.05) is 12.7 Å². The van der Waals surface area contributed by atoms with Crippen molar-refractivity contribution in [3.63, 3.8) is 0 Å². The molecule has 0 fully saturated rings. The van der Waals surface area contributed by atoms with Crippen molar-refractivity contribution >= 4 is 11.9 Å². The second kappa shape index (κ2) is 8.13. The summed E-state index contributed by atoms with van der Waals surface area (Å²) in [5, 5.41) is 3.55. The van der Waals surface area contributed by atoms with Crippen molar-refractivity contribution in [2.45, 2.75) is 0 Å². The zero-order valence-electron chi connectivity index (χ0n) is 13.0. The topological polar surface area (TPSA) is 55.7 Å². The molecule has 0 aliphatic rings. The monoisotopic (exact) mass is 355 g/mol.